The van der Waals surface area contributed by atoms with Gasteiger partial charge in [-0.05, 0) is 0 Å². The third-order valence-corrected chi connectivity index (χ3v) is 0.766. The molecule has 0 fully saturated rings. The van der Waals surface area contributed by atoms with Gasteiger partial charge in [0.25, 0.3) is 5.70 Å². The van der Waals surface area contributed by atoms with Crippen molar-refractivity contribution in [2.75, 3.05) is 0 Å². The molecule has 1 aliphatic rings. The molecule has 41 valence electrons. The Morgan fingerprint density at radius 3 is 2.67 bits per heavy atom. The van der Waals surface area contributed by atoms with Gasteiger partial charge in [0.15, 0.2) is 0 Å². The topological polar surface area (TPSA) is 86.1 Å². The maximum Gasteiger partial charge on any atom is 0.332 e. The van der Waals surface area contributed by atoms with Crippen LogP contribution >= 0.6 is 0 Å². The second-order valence-corrected chi connectivity index (χ2v) is 1.26. The molecular formula is C4HN5+. The van der Waals surface area contributed by atoms with Gasteiger partial charge in [-0.3, -0.25) is 0 Å². The highest BCUT2D eigenvalue weighted by molar-refractivity contribution is 5.34. The molecule has 1 heterocycles. The molecule has 1 N–H and O–H groups in total. The second-order valence-electron chi connectivity index (χ2n) is 1.26. The summed E-state index contributed by atoms with van der Waals surface area (Å²) in [5.74, 6) is 0. The Kier molecular flexibility index (Phi) is 1.13. The molecule has 5 nitrogen and oxygen atoms in total. The van der Waals surface area contributed by atoms with E-state index in [0.29, 0.717) is 0 Å². The molecule has 0 saturated heterocycles. The highest BCUT2D eigenvalue weighted by Gasteiger charge is 2.20. The van der Waals surface area contributed by atoms with Crippen LogP contribution in [-0.2, 0) is 0 Å². The molecule has 1 rings (SSSR count). The van der Waals surface area contributed by atoms with Crippen molar-refractivity contribution in [3.05, 3.63) is 11.4 Å². The summed E-state index contributed by atoms with van der Waals surface area (Å²) in [5.41, 5.74) is 2.41. The van der Waals surface area contributed by atoms with Gasteiger partial charge in [0.05, 0.1) is 0 Å². The van der Waals surface area contributed by atoms with Crippen LogP contribution in [0.2, 0.25) is 0 Å². The minimum Gasteiger partial charge on any atom is -0.190 e. The van der Waals surface area contributed by atoms with E-state index in [2.05, 4.69) is 15.8 Å². The van der Waals surface area contributed by atoms with Crippen molar-refractivity contribution >= 4 is 0 Å². The first-order valence-electron chi connectivity index (χ1n) is 2.09. The number of hydrogen-bond donors (Lipinski definition) is 1. The van der Waals surface area contributed by atoms with Crippen molar-refractivity contribution in [1.29, 1.82) is 10.5 Å². The molecule has 0 spiro atoms. The number of rotatable bonds is 0. The van der Waals surface area contributed by atoms with E-state index >= 15 is 0 Å². The molecule has 0 atom stereocenters. The smallest absolute Gasteiger partial charge is 0.190 e. The monoisotopic (exact) mass is 119 g/mol. The number of allylic oxidation sites excluding steroid dienone is 2. The lowest BCUT2D eigenvalue weighted by molar-refractivity contribution is 0.785. The Morgan fingerprint density at radius 1 is 1.44 bits per heavy atom. The summed E-state index contributed by atoms with van der Waals surface area (Å²) in [6, 6.07) is 3.42. The maximum absolute atomic E-state index is 8.23. The first-order valence-corrected chi connectivity index (χ1v) is 2.09. The molecule has 0 saturated carbocycles. The summed E-state index contributed by atoms with van der Waals surface area (Å²) >= 11 is 0. The van der Waals surface area contributed by atoms with E-state index in [1.54, 1.807) is 12.1 Å². The van der Waals surface area contributed by atoms with Gasteiger partial charge in [0.2, 0.25) is 5.70 Å². The lowest BCUT2D eigenvalue weighted by Gasteiger charge is -1.70. The van der Waals surface area contributed by atoms with Crippen LogP contribution in [0.15, 0.2) is 16.5 Å². The SMILES string of the molecule is N#CC1=C(C#N)N[N+]=N1. The molecule has 0 aromatic carbocycles. The highest BCUT2D eigenvalue weighted by Crippen LogP contribution is 2.02. The predicted molar refractivity (Wildman–Crippen MR) is 25.9 cm³/mol. The van der Waals surface area contributed by atoms with Crippen LogP contribution in [0.3, 0.4) is 0 Å². The van der Waals surface area contributed by atoms with Gasteiger partial charge < -0.3 is 0 Å². The van der Waals surface area contributed by atoms with Crippen molar-refractivity contribution in [3.8, 4) is 12.1 Å². The zero-order chi connectivity index (χ0) is 6.69. The summed E-state index contributed by atoms with van der Waals surface area (Å²) in [6.07, 6.45) is 0. The van der Waals surface area contributed by atoms with E-state index in [4.69, 9.17) is 10.5 Å². The van der Waals surface area contributed by atoms with Crippen molar-refractivity contribution in [3.63, 3.8) is 0 Å². The Morgan fingerprint density at radius 2 is 2.22 bits per heavy atom. The molecule has 0 aromatic heterocycles. The Labute approximate surface area is 50.9 Å². The fourth-order valence-corrected chi connectivity index (χ4v) is 0.384. The largest absolute Gasteiger partial charge is 0.332 e. The van der Waals surface area contributed by atoms with Crippen molar-refractivity contribution in [2.45, 2.75) is 0 Å². The van der Waals surface area contributed by atoms with Gasteiger partial charge in [-0.25, -0.2) is 0 Å². The van der Waals surface area contributed by atoms with Gasteiger partial charge in [-0.1, -0.05) is 5.43 Å². The normalized spacial score (nSPS) is 14.4. The molecule has 1 radical (unpaired) electrons. The second kappa shape index (κ2) is 1.93. The molecule has 0 unspecified atom stereocenters. The van der Waals surface area contributed by atoms with Crippen LogP contribution < -0.4 is 10.6 Å². The van der Waals surface area contributed by atoms with Crippen molar-refractivity contribution in [1.82, 2.24) is 10.6 Å². The Hall–Kier alpha value is -1.88. The number of nitrogens with one attached hydrogen (secondary N) is 1. The van der Waals surface area contributed by atoms with Crippen LogP contribution in [-0.4, -0.2) is 0 Å². The standard InChI is InChI=1S/C4HN5/c5-1-3-4(2-6)8-9-7-3/h(H,7,8)/q+1. The van der Waals surface area contributed by atoms with Gasteiger partial charge in [-0.15, -0.1) is 0 Å². The zero-order valence-corrected chi connectivity index (χ0v) is 4.29. The molecule has 0 amide bonds. The molecule has 5 heteroatoms. The fraction of sp³-hybridized carbons (Fsp3) is 0. The fourth-order valence-electron chi connectivity index (χ4n) is 0.384. The first-order chi connectivity index (χ1) is 4.38. The van der Waals surface area contributed by atoms with Gasteiger partial charge in [0.1, 0.15) is 17.3 Å². The van der Waals surface area contributed by atoms with Crippen molar-refractivity contribution < 1.29 is 0 Å². The van der Waals surface area contributed by atoms with Crippen LogP contribution in [0.1, 0.15) is 0 Å². The molecule has 0 aliphatic carbocycles. The zero-order valence-electron chi connectivity index (χ0n) is 4.29. The maximum atomic E-state index is 8.23. The average Bonchev–Trinajstić information content (AvgIpc) is 2.33. The minimum atomic E-state index is 0.0394. The van der Waals surface area contributed by atoms with E-state index in [1.165, 1.54) is 0 Å². The molecule has 9 heavy (non-hydrogen) atoms. The summed E-state index contributed by atoms with van der Waals surface area (Å²) in [6.45, 7) is 0. The van der Waals surface area contributed by atoms with E-state index in [1.807, 2.05) is 0 Å². The number of nitriles is 2. The molecule has 0 aromatic rings. The number of hydrogen-bond acceptors (Lipinski definition) is 5. The van der Waals surface area contributed by atoms with Gasteiger partial charge >= 0.3 is 5.22 Å². The Bertz CT molecular complexity index is 260. The third kappa shape index (κ3) is 0.707. The van der Waals surface area contributed by atoms with Crippen molar-refractivity contribution in [2.24, 2.45) is 5.11 Å². The summed E-state index contributed by atoms with van der Waals surface area (Å²) in [4.78, 5) is 0. The predicted octanol–water partition coefficient (Wildman–Crippen LogP) is -0.449. The average molecular weight is 119 g/mol. The van der Waals surface area contributed by atoms with Gasteiger partial charge in [-0.2, -0.15) is 10.5 Å². The summed E-state index contributed by atoms with van der Waals surface area (Å²) < 4.78 is 0. The molecular weight excluding hydrogens is 118 g/mol. The van der Waals surface area contributed by atoms with E-state index < -0.39 is 0 Å². The minimum absolute atomic E-state index is 0.0394. The molecule has 1 aliphatic heterocycles. The van der Waals surface area contributed by atoms with Crippen LogP contribution in [0, 0.1) is 22.7 Å². The van der Waals surface area contributed by atoms with E-state index in [0.717, 1.165) is 0 Å². The third-order valence-electron chi connectivity index (χ3n) is 0.766. The quantitative estimate of drug-likeness (QED) is 0.468. The first kappa shape index (κ1) is 5.26. The Balaban J connectivity index is 3.00. The van der Waals surface area contributed by atoms with Crippen LogP contribution in [0.5, 0.6) is 0 Å². The van der Waals surface area contributed by atoms with E-state index in [9.17, 15) is 0 Å². The lowest BCUT2D eigenvalue weighted by atomic mass is 10.4. The molecule has 0 bridgehead atoms. The lowest BCUT2D eigenvalue weighted by Crippen LogP contribution is -2.07. The number of nitrogens with zero attached hydrogens (tertiary/aromatic N) is 4. The van der Waals surface area contributed by atoms with Gasteiger partial charge in [0, 0.05) is 0 Å². The summed E-state index contributed by atoms with van der Waals surface area (Å²) in [7, 11) is 0. The summed E-state index contributed by atoms with van der Waals surface area (Å²) in [5, 5.41) is 23.0. The highest BCUT2D eigenvalue weighted by atomic mass is 15.5. The van der Waals surface area contributed by atoms with E-state index in [-0.39, 0.29) is 11.4 Å². The van der Waals surface area contributed by atoms with Crippen LogP contribution in [0.25, 0.3) is 0 Å². The van der Waals surface area contributed by atoms with Crippen LogP contribution in [0.4, 0.5) is 0 Å².